The number of nitrogens with one attached hydrogen (secondary N) is 1. The van der Waals surface area contributed by atoms with Crippen LogP contribution >= 0.6 is 0 Å². The van der Waals surface area contributed by atoms with E-state index in [1.54, 1.807) is 26.0 Å². The van der Waals surface area contributed by atoms with Gasteiger partial charge in [-0.1, -0.05) is 12.1 Å². The van der Waals surface area contributed by atoms with Gasteiger partial charge in [0.1, 0.15) is 4.90 Å². The quantitative estimate of drug-likeness (QED) is 0.850. The van der Waals surface area contributed by atoms with Crippen LogP contribution in [0.2, 0.25) is 0 Å². The van der Waals surface area contributed by atoms with Crippen LogP contribution in [0, 0.1) is 19.7 Å². The van der Waals surface area contributed by atoms with Crippen molar-refractivity contribution < 1.29 is 12.8 Å². The molecule has 3 N–H and O–H groups in total. The number of nitrogens with zero attached hydrogens (tertiary/aromatic N) is 1. The van der Waals surface area contributed by atoms with Crippen LogP contribution in [-0.2, 0) is 10.0 Å². The van der Waals surface area contributed by atoms with Gasteiger partial charge in [-0.05, 0) is 31.0 Å². The highest BCUT2D eigenvalue weighted by Crippen LogP contribution is 2.28. The highest BCUT2D eigenvalue weighted by molar-refractivity contribution is 7.93. The van der Waals surface area contributed by atoms with E-state index >= 15 is 0 Å². The van der Waals surface area contributed by atoms with E-state index in [1.165, 1.54) is 12.3 Å². The van der Waals surface area contributed by atoms with Crippen LogP contribution in [-0.4, -0.2) is 13.4 Å². The van der Waals surface area contributed by atoms with Crippen LogP contribution in [0.1, 0.15) is 11.1 Å². The molecule has 0 saturated carbocycles. The second-order valence-corrected chi connectivity index (χ2v) is 6.02. The van der Waals surface area contributed by atoms with Crippen molar-refractivity contribution in [2.24, 2.45) is 0 Å². The van der Waals surface area contributed by atoms with E-state index in [1.807, 2.05) is 0 Å². The molecule has 0 aliphatic heterocycles. The molecule has 0 bridgehead atoms. The zero-order valence-electron chi connectivity index (χ0n) is 11.0. The summed E-state index contributed by atoms with van der Waals surface area (Å²) >= 11 is 0. The summed E-state index contributed by atoms with van der Waals surface area (Å²) < 4.78 is 40.4. The van der Waals surface area contributed by atoms with E-state index in [0.29, 0.717) is 11.1 Å². The molecule has 0 unspecified atom stereocenters. The van der Waals surface area contributed by atoms with Crippen LogP contribution in [0.5, 0.6) is 0 Å². The summed E-state index contributed by atoms with van der Waals surface area (Å²) in [5.41, 5.74) is 6.97. The van der Waals surface area contributed by atoms with Gasteiger partial charge in [-0.3, -0.25) is 9.71 Å². The Kier molecular flexibility index (Phi) is 3.63. The molecule has 0 saturated heterocycles. The molecule has 7 heteroatoms. The van der Waals surface area contributed by atoms with Crippen LogP contribution in [0.25, 0.3) is 0 Å². The van der Waals surface area contributed by atoms with Gasteiger partial charge in [-0.15, -0.1) is 0 Å². The predicted molar refractivity (Wildman–Crippen MR) is 75.3 cm³/mol. The Hall–Kier alpha value is -2.15. The summed E-state index contributed by atoms with van der Waals surface area (Å²) in [7, 11) is -3.96. The molecule has 1 aromatic heterocycles. The Balaban J connectivity index is 2.52. The number of benzene rings is 1. The van der Waals surface area contributed by atoms with Crippen molar-refractivity contribution in [2.45, 2.75) is 18.7 Å². The topological polar surface area (TPSA) is 85.1 Å². The summed E-state index contributed by atoms with van der Waals surface area (Å²) in [4.78, 5) is 3.53. The third-order valence-corrected chi connectivity index (χ3v) is 4.46. The van der Waals surface area contributed by atoms with Crippen molar-refractivity contribution >= 4 is 21.4 Å². The molecule has 0 aliphatic rings. The number of hydrogen-bond acceptors (Lipinski definition) is 4. The number of aryl methyl sites for hydroxylation is 2. The maximum absolute atomic E-state index is 13.5. The van der Waals surface area contributed by atoms with E-state index < -0.39 is 15.8 Å². The lowest BCUT2D eigenvalue weighted by Crippen LogP contribution is -2.17. The van der Waals surface area contributed by atoms with Gasteiger partial charge in [0, 0.05) is 6.20 Å². The number of nitrogen functional groups attached to an aromatic ring is 1. The van der Waals surface area contributed by atoms with Crippen molar-refractivity contribution in [3.8, 4) is 0 Å². The van der Waals surface area contributed by atoms with E-state index in [4.69, 9.17) is 5.73 Å². The van der Waals surface area contributed by atoms with Gasteiger partial charge in [-0.25, -0.2) is 12.8 Å². The van der Waals surface area contributed by atoms with E-state index in [0.717, 1.165) is 6.20 Å². The van der Waals surface area contributed by atoms with Crippen molar-refractivity contribution in [3.63, 3.8) is 0 Å². The second-order valence-electron chi connectivity index (χ2n) is 4.40. The maximum atomic E-state index is 13.5. The van der Waals surface area contributed by atoms with E-state index in [9.17, 15) is 12.8 Å². The van der Waals surface area contributed by atoms with E-state index in [-0.39, 0.29) is 16.3 Å². The van der Waals surface area contributed by atoms with Gasteiger partial charge in [0.2, 0.25) is 0 Å². The van der Waals surface area contributed by atoms with Gasteiger partial charge >= 0.3 is 0 Å². The third-order valence-electron chi connectivity index (χ3n) is 2.90. The molecule has 2 aromatic rings. The highest BCUT2D eigenvalue weighted by atomic mass is 32.2. The average molecular weight is 295 g/mol. The van der Waals surface area contributed by atoms with Crippen LogP contribution in [0.15, 0.2) is 35.5 Å². The van der Waals surface area contributed by atoms with Gasteiger partial charge < -0.3 is 5.73 Å². The summed E-state index contributed by atoms with van der Waals surface area (Å²) in [6, 6.07) is 4.63. The zero-order valence-corrected chi connectivity index (χ0v) is 11.8. The highest BCUT2D eigenvalue weighted by Gasteiger charge is 2.22. The molecule has 0 fully saturated rings. The minimum absolute atomic E-state index is 0.0336. The normalized spacial score (nSPS) is 11.3. The molecule has 2 rings (SSSR count). The van der Waals surface area contributed by atoms with Gasteiger partial charge in [0.25, 0.3) is 10.0 Å². The lowest BCUT2D eigenvalue weighted by Gasteiger charge is -2.14. The first-order chi connectivity index (χ1) is 9.33. The second kappa shape index (κ2) is 5.09. The molecule has 20 heavy (non-hydrogen) atoms. The summed E-state index contributed by atoms with van der Waals surface area (Å²) in [6.45, 7) is 3.34. The monoisotopic (exact) mass is 295 g/mol. The maximum Gasteiger partial charge on any atom is 0.264 e. The summed E-state index contributed by atoms with van der Waals surface area (Å²) in [5.74, 6) is -0.750. The van der Waals surface area contributed by atoms with Crippen molar-refractivity contribution in [2.75, 3.05) is 10.5 Å². The van der Waals surface area contributed by atoms with Crippen molar-refractivity contribution in [3.05, 3.63) is 47.5 Å². The molecule has 0 aliphatic carbocycles. The van der Waals surface area contributed by atoms with Crippen molar-refractivity contribution in [1.29, 1.82) is 0 Å². The summed E-state index contributed by atoms with van der Waals surface area (Å²) in [5, 5.41) is 0. The molecular weight excluding hydrogens is 281 g/mol. The lowest BCUT2D eigenvalue weighted by molar-refractivity contribution is 0.597. The SMILES string of the molecule is Cc1ccc(C)c(S(=O)(=O)Nc2ccncc2F)c1N. The zero-order chi connectivity index (χ0) is 14.9. The van der Waals surface area contributed by atoms with Crippen molar-refractivity contribution in [1.82, 2.24) is 4.98 Å². The number of nitrogens with two attached hydrogens (primary N) is 1. The Morgan fingerprint density at radius 3 is 2.50 bits per heavy atom. The largest absolute Gasteiger partial charge is 0.397 e. The molecule has 0 spiro atoms. The number of rotatable bonds is 3. The molecule has 106 valence electrons. The molecule has 5 nitrogen and oxygen atoms in total. The first-order valence-electron chi connectivity index (χ1n) is 5.81. The standard InChI is InChI=1S/C13H14FN3O2S/c1-8-3-4-9(2)13(12(8)15)20(18,19)17-11-5-6-16-7-10(11)14/h3-7H,15H2,1-2H3,(H,16,17). The average Bonchev–Trinajstić information content (AvgIpc) is 2.37. The molecule has 1 heterocycles. The third kappa shape index (κ3) is 2.57. The first kappa shape index (κ1) is 14.3. The number of sulfonamides is 1. The van der Waals surface area contributed by atoms with Crippen LogP contribution in [0.4, 0.5) is 15.8 Å². The Labute approximate surface area is 116 Å². The number of anilines is 2. The number of hydrogen-bond donors (Lipinski definition) is 2. The number of aromatic nitrogens is 1. The van der Waals surface area contributed by atoms with Crippen LogP contribution in [0.3, 0.4) is 0 Å². The first-order valence-corrected chi connectivity index (χ1v) is 7.29. The Morgan fingerprint density at radius 1 is 1.20 bits per heavy atom. The number of halogens is 1. The lowest BCUT2D eigenvalue weighted by atomic mass is 10.1. The van der Waals surface area contributed by atoms with Crippen LogP contribution < -0.4 is 10.5 Å². The fourth-order valence-corrected chi connectivity index (χ4v) is 3.32. The fraction of sp³-hybridized carbons (Fsp3) is 0.154. The Bertz CT molecular complexity index is 760. The molecule has 0 atom stereocenters. The molecular formula is C13H14FN3O2S. The molecule has 1 aromatic carbocycles. The fourth-order valence-electron chi connectivity index (χ4n) is 1.82. The van der Waals surface area contributed by atoms with Gasteiger partial charge in [-0.2, -0.15) is 0 Å². The van der Waals surface area contributed by atoms with E-state index in [2.05, 4.69) is 9.71 Å². The minimum Gasteiger partial charge on any atom is -0.397 e. The molecule has 0 amide bonds. The van der Waals surface area contributed by atoms with Gasteiger partial charge in [0.05, 0.1) is 17.6 Å². The van der Waals surface area contributed by atoms with Gasteiger partial charge in [0.15, 0.2) is 5.82 Å². The summed E-state index contributed by atoms with van der Waals surface area (Å²) in [6.07, 6.45) is 2.23. The number of pyridine rings is 1. The smallest absolute Gasteiger partial charge is 0.264 e. The molecule has 0 radical (unpaired) electrons. The minimum atomic E-state index is -3.96. The predicted octanol–water partition coefficient (Wildman–Crippen LogP) is 2.22. The Morgan fingerprint density at radius 2 is 1.85 bits per heavy atom.